The molecule has 5 nitrogen and oxygen atoms in total. The van der Waals surface area contributed by atoms with Crippen LogP contribution in [0.1, 0.15) is 17.4 Å². The van der Waals surface area contributed by atoms with Crippen LogP contribution in [0.15, 0.2) is 18.3 Å². The molecule has 0 spiro atoms. The molecular formula is C10H16N4O. The molecule has 1 amide bonds. The van der Waals surface area contributed by atoms with Gasteiger partial charge in [-0.1, -0.05) is 0 Å². The van der Waals surface area contributed by atoms with Crippen LogP contribution >= 0.6 is 0 Å². The summed E-state index contributed by atoms with van der Waals surface area (Å²) in [6, 6.07) is 3.54. The highest BCUT2D eigenvalue weighted by molar-refractivity contribution is 5.91. The van der Waals surface area contributed by atoms with E-state index in [4.69, 9.17) is 11.5 Å². The predicted octanol–water partition coefficient (Wildman–Crippen LogP) is -0.0361. The van der Waals surface area contributed by atoms with Gasteiger partial charge < -0.3 is 16.4 Å². The highest BCUT2D eigenvalue weighted by atomic mass is 16.1. The lowest BCUT2D eigenvalue weighted by molar-refractivity contribution is 0.0995. The third-order valence-corrected chi connectivity index (χ3v) is 2.00. The van der Waals surface area contributed by atoms with Gasteiger partial charge in [0, 0.05) is 31.5 Å². The number of carbonyl (C=O) groups excluding carboxylic acids is 1. The fraction of sp³-hybridized carbons (Fsp3) is 0.400. The first-order valence-electron chi connectivity index (χ1n) is 4.73. The average Bonchev–Trinajstić information content (AvgIpc) is 2.17. The maximum absolute atomic E-state index is 10.9. The monoisotopic (exact) mass is 208 g/mol. The normalized spacial score (nSPS) is 12.2. The molecule has 0 bridgehead atoms. The lowest BCUT2D eigenvalue weighted by Gasteiger charge is -2.21. The van der Waals surface area contributed by atoms with E-state index in [1.807, 2.05) is 24.9 Å². The van der Waals surface area contributed by atoms with Gasteiger partial charge in [-0.2, -0.15) is 0 Å². The zero-order valence-corrected chi connectivity index (χ0v) is 8.97. The van der Waals surface area contributed by atoms with Gasteiger partial charge in [-0.15, -0.1) is 0 Å². The fourth-order valence-corrected chi connectivity index (χ4v) is 1.33. The average molecular weight is 208 g/mol. The molecule has 82 valence electrons. The number of nitrogens with two attached hydrogens (primary N) is 2. The van der Waals surface area contributed by atoms with Crippen molar-refractivity contribution in [3.63, 3.8) is 0 Å². The van der Waals surface area contributed by atoms with Crippen molar-refractivity contribution in [1.82, 2.24) is 4.98 Å². The zero-order chi connectivity index (χ0) is 11.4. The molecule has 4 N–H and O–H groups in total. The van der Waals surface area contributed by atoms with Crippen molar-refractivity contribution in [1.29, 1.82) is 0 Å². The van der Waals surface area contributed by atoms with Crippen LogP contribution in [-0.2, 0) is 0 Å². The van der Waals surface area contributed by atoms with Gasteiger partial charge in [0.05, 0.1) is 0 Å². The topological polar surface area (TPSA) is 85.2 Å². The van der Waals surface area contributed by atoms with E-state index in [9.17, 15) is 4.79 Å². The molecule has 0 saturated heterocycles. The van der Waals surface area contributed by atoms with Crippen molar-refractivity contribution in [2.24, 2.45) is 11.5 Å². The van der Waals surface area contributed by atoms with Crippen molar-refractivity contribution in [3.8, 4) is 0 Å². The van der Waals surface area contributed by atoms with Crippen molar-refractivity contribution in [2.45, 2.75) is 13.0 Å². The number of amides is 1. The van der Waals surface area contributed by atoms with Crippen LogP contribution in [0.5, 0.6) is 0 Å². The minimum absolute atomic E-state index is 0.0696. The molecule has 1 aromatic rings. The third kappa shape index (κ3) is 3.21. The fourth-order valence-electron chi connectivity index (χ4n) is 1.33. The summed E-state index contributed by atoms with van der Waals surface area (Å²) in [4.78, 5) is 16.7. The van der Waals surface area contributed by atoms with E-state index < -0.39 is 5.91 Å². The molecular weight excluding hydrogens is 192 g/mol. The second kappa shape index (κ2) is 4.75. The molecule has 0 aliphatic rings. The number of rotatable bonds is 4. The lowest BCUT2D eigenvalue weighted by atomic mass is 10.2. The van der Waals surface area contributed by atoms with Crippen LogP contribution in [0.2, 0.25) is 0 Å². The SMILES string of the molecule is CC(N)CN(C)c1ccnc(C(N)=O)c1. The van der Waals surface area contributed by atoms with E-state index in [1.165, 1.54) is 0 Å². The first-order chi connectivity index (χ1) is 7.00. The molecule has 1 unspecified atom stereocenters. The number of primary amides is 1. The molecule has 0 aromatic carbocycles. The number of nitrogens with zero attached hydrogens (tertiary/aromatic N) is 2. The van der Waals surface area contributed by atoms with E-state index in [0.717, 1.165) is 5.69 Å². The number of anilines is 1. The number of likely N-dealkylation sites (N-methyl/N-ethyl adjacent to an activating group) is 1. The summed E-state index contributed by atoms with van der Waals surface area (Å²) in [6.07, 6.45) is 1.56. The summed E-state index contributed by atoms with van der Waals surface area (Å²) >= 11 is 0. The van der Waals surface area contributed by atoms with Crippen LogP contribution in [0.4, 0.5) is 5.69 Å². The summed E-state index contributed by atoms with van der Waals surface area (Å²) in [7, 11) is 1.91. The van der Waals surface area contributed by atoms with Gasteiger partial charge in [0.15, 0.2) is 0 Å². The Hall–Kier alpha value is -1.62. The highest BCUT2D eigenvalue weighted by Gasteiger charge is 2.07. The molecule has 1 atom stereocenters. The minimum atomic E-state index is -0.522. The van der Waals surface area contributed by atoms with Gasteiger partial charge in [-0.3, -0.25) is 9.78 Å². The summed E-state index contributed by atoms with van der Waals surface area (Å²) in [5.74, 6) is -0.522. The van der Waals surface area contributed by atoms with E-state index in [1.54, 1.807) is 12.3 Å². The highest BCUT2D eigenvalue weighted by Crippen LogP contribution is 2.12. The first-order valence-corrected chi connectivity index (χ1v) is 4.73. The predicted molar refractivity (Wildman–Crippen MR) is 59.7 cm³/mol. The molecule has 0 saturated carbocycles. The summed E-state index contributed by atoms with van der Waals surface area (Å²) in [5, 5.41) is 0. The third-order valence-electron chi connectivity index (χ3n) is 2.00. The molecule has 0 fully saturated rings. The van der Waals surface area contributed by atoms with Gasteiger partial charge >= 0.3 is 0 Å². The first kappa shape index (κ1) is 11.5. The number of hydrogen-bond acceptors (Lipinski definition) is 4. The largest absolute Gasteiger partial charge is 0.373 e. The number of carbonyl (C=O) groups is 1. The van der Waals surface area contributed by atoms with Crippen molar-refractivity contribution >= 4 is 11.6 Å². The Morgan fingerprint density at radius 1 is 1.67 bits per heavy atom. The smallest absolute Gasteiger partial charge is 0.267 e. The number of aromatic nitrogens is 1. The zero-order valence-electron chi connectivity index (χ0n) is 8.97. The van der Waals surface area contributed by atoms with Crippen LogP contribution in [0.25, 0.3) is 0 Å². The Morgan fingerprint density at radius 3 is 2.87 bits per heavy atom. The Labute approximate surface area is 89.1 Å². The molecule has 5 heteroatoms. The molecule has 1 rings (SSSR count). The molecule has 0 aliphatic heterocycles. The molecule has 0 radical (unpaired) electrons. The van der Waals surface area contributed by atoms with E-state index >= 15 is 0 Å². The minimum Gasteiger partial charge on any atom is -0.373 e. The van der Waals surface area contributed by atoms with Crippen molar-refractivity contribution in [3.05, 3.63) is 24.0 Å². The lowest BCUT2D eigenvalue weighted by Crippen LogP contribution is -2.33. The number of pyridine rings is 1. The Kier molecular flexibility index (Phi) is 3.62. The van der Waals surface area contributed by atoms with Crippen molar-refractivity contribution < 1.29 is 4.79 Å². The van der Waals surface area contributed by atoms with E-state index in [-0.39, 0.29) is 11.7 Å². The summed E-state index contributed by atoms with van der Waals surface area (Å²) in [6.45, 7) is 2.63. The maximum atomic E-state index is 10.9. The van der Waals surface area contributed by atoms with Gasteiger partial charge in [-0.25, -0.2) is 0 Å². The molecule has 1 aromatic heterocycles. The van der Waals surface area contributed by atoms with E-state index in [2.05, 4.69) is 4.98 Å². The summed E-state index contributed by atoms with van der Waals surface area (Å²) in [5.41, 5.74) is 12.0. The number of hydrogen-bond donors (Lipinski definition) is 2. The van der Waals surface area contributed by atoms with Crippen LogP contribution in [0, 0.1) is 0 Å². The van der Waals surface area contributed by atoms with Crippen LogP contribution in [0.3, 0.4) is 0 Å². The molecule has 0 aliphatic carbocycles. The maximum Gasteiger partial charge on any atom is 0.267 e. The second-order valence-corrected chi connectivity index (χ2v) is 3.62. The molecule has 1 heterocycles. The van der Waals surface area contributed by atoms with Gasteiger partial charge in [0.25, 0.3) is 5.91 Å². The summed E-state index contributed by atoms with van der Waals surface area (Å²) < 4.78 is 0. The van der Waals surface area contributed by atoms with Crippen molar-refractivity contribution in [2.75, 3.05) is 18.5 Å². The Balaban J connectivity index is 2.85. The van der Waals surface area contributed by atoms with Gasteiger partial charge in [0.1, 0.15) is 5.69 Å². The second-order valence-electron chi connectivity index (χ2n) is 3.62. The van der Waals surface area contributed by atoms with Gasteiger partial charge in [0.2, 0.25) is 0 Å². The Morgan fingerprint density at radius 2 is 2.33 bits per heavy atom. The van der Waals surface area contributed by atoms with Crippen LogP contribution in [-0.4, -0.2) is 30.5 Å². The Bertz CT molecular complexity index is 351. The molecule has 15 heavy (non-hydrogen) atoms. The standard InChI is InChI=1S/C10H16N4O/c1-7(11)6-14(2)8-3-4-13-9(5-8)10(12)15/h3-5,7H,6,11H2,1-2H3,(H2,12,15). The van der Waals surface area contributed by atoms with E-state index in [0.29, 0.717) is 6.54 Å². The van der Waals surface area contributed by atoms with Crippen LogP contribution < -0.4 is 16.4 Å². The quantitative estimate of drug-likeness (QED) is 0.727. The van der Waals surface area contributed by atoms with Gasteiger partial charge in [-0.05, 0) is 19.1 Å².